The molecule has 0 spiro atoms. The number of aliphatic hydroxyl groups excluding tert-OH is 1. The van der Waals surface area contributed by atoms with E-state index in [9.17, 15) is 13.2 Å². The highest BCUT2D eigenvalue weighted by atomic mass is 32.2. The van der Waals surface area contributed by atoms with E-state index in [4.69, 9.17) is 16.6 Å². The Morgan fingerprint density at radius 1 is 1.29 bits per heavy atom. The van der Waals surface area contributed by atoms with Gasteiger partial charge in [-0.1, -0.05) is 19.1 Å². The summed E-state index contributed by atoms with van der Waals surface area (Å²) in [5.74, 6) is 0.644. The summed E-state index contributed by atoms with van der Waals surface area (Å²) in [6.45, 7) is 4.48. The lowest BCUT2D eigenvalue weighted by molar-refractivity contribution is -0.134. The highest BCUT2D eigenvalue weighted by molar-refractivity contribution is 7.89. The van der Waals surface area contributed by atoms with Crippen molar-refractivity contribution in [1.82, 2.24) is 9.62 Å². The molecule has 196 valence electrons. The highest BCUT2D eigenvalue weighted by Crippen LogP contribution is 2.31. The standard InChI is InChI=1S/C24H40N6O4S/c1-17-15-19-6-2-8-21(22(19)28-16-17)35(33,34)29-20(7-3-11-27-24(25)26)23(32)30-12-9-18(10-13-30)5-4-14-31/h2,6,8,17-18,20,28-29,31H,3-5,7,9-16H2,1H3,(H4,25,26,27). The molecule has 3 rings (SSSR count). The molecule has 2 aliphatic heterocycles. The Labute approximate surface area is 208 Å². The second kappa shape index (κ2) is 12.5. The maximum Gasteiger partial charge on any atom is 0.243 e. The van der Waals surface area contributed by atoms with Gasteiger partial charge in [0.05, 0.1) is 5.69 Å². The Kier molecular flexibility index (Phi) is 9.76. The number of likely N-dealkylation sites (tertiary alicyclic amines) is 1. The van der Waals surface area contributed by atoms with Crippen LogP contribution >= 0.6 is 0 Å². The molecule has 2 heterocycles. The number of piperidine rings is 1. The van der Waals surface area contributed by atoms with Crippen molar-refractivity contribution in [3.8, 4) is 0 Å². The van der Waals surface area contributed by atoms with Crippen molar-refractivity contribution in [2.75, 3.05) is 38.1 Å². The Hall–Kier alpha value is -2.37. The van der Waals surface area contributed by atoms with Crippen molar-refractivity contribution in [2.45, 2.75) is 62.8 Å². The van der Waals surface area contributed by atoms with Gasteiger partial charge in [-0.05, 0) is 68.4 Å². The van der Waals surface area contributed by atoms with Gasteiger partial charge < -0.3 is 26.8 Å². The lowest BCUT2D eigenvalue weighted by Gasteiger charge is -2.34. The number of sulfonamides is 1. The summed E-state index contributed by atoms with van der Waals surface area (Å²) < 4.78 is 29.7. The van der Waals surface area contributed by atoms with Crippen molar-refractivity contribution >= 4 is 27.6 Å². The molecule has 0 bridgehead atoms. The molecular weight excluding hydrogens is 468 g/mol. The fourth-order valence-electron chi connectivity index (χ4n) is 4.92. The third-order valence-corrected chi connectivity index (χ3v) is 8.35. The minimum Gasteiger partial charge on any atom is -0.396 e. The van der Waals surface area contributed by atoms with E-state index < -0.39 is 16.1 Å². The predicted octanol–water partition coefficient (Wildman–Crippen LogP) is 1.00. The number of carbonyl (C=O) groups is 1. The van der Waals surface area contributed by atoms with Gasteiger partial charge in [-0.2, -0.15) is 4.72 Å². The van der Waals surface area contributed by atoms with Crippen LogP contribution in [-0.4, -0.2) is 69.1 Å². The maximum atomic E-state index is 13.5. The number of nitrogens with zero attached hydrogens (tertiary/aromatic N) is 2. The molecule has 2 unspecified atom stereocenters. The third kappa shape index (κ3) is 7.55. The number of hydrogen-bond acceptors (Lipinski definition) is 6. The van der Waals surface area contributed by atoms with Crippen LogP contribution in [0.4, 0.5) is 5.69 Å². The summed E-state index contributed by atoms with van der Waals surface area (Å²) in [6, 6.07) is 4.37. The average molecular weight is 509 g/mol. The lowest BCUT2D eigenvalue weighted by atomic mass is 9.92. The Morgan fingerprint density at radius 3 is 2.71 bits per heavy atom. The summed E-state index contributed by atoms with van der Waals surface area (Å²) in [5, 5.41) is 12.3. The monoisotopic (exact) mass is 508 g/mol. The number of carbonyl (C=O) groups excluding carboxylic acids is 1. The summed E-state index contributed by atoms with van der Waals surface area (Å²) in [4.78, 5) is 19.3. The number of fused-ring (bicyclic) bond motifs is 1. The topological polar surface area (TPSA) is 163 Å². The number of para-hydroxylation sites is 1. The maximum absolute atomic E-state index is 13.5. The average Bonchev–Trinajstić information content (AvgIpc) is 2.83. The van der Waals surface area contributed by atoms with Gasteiger partial charge in [0.2, 0.25) is 15.9 Å². The molecule has 1 amide bonds. The summed E-state index contributed by atoms with van der Waals surface area (Å²) in [6.07, 6.45) is 4.97. The largest absolute Gasteiger partial charge is 0.396 e. The molecule has 10 nitrogen and oxygen atoms in total. The van der Waals surface area contributed by atoms with Crippen LogP contribution in [0.15, 0.2) is 28.1 Å². The second-order valence-corrected chi connectivity index (χ2v) is 11.4. The van der Waals surface area contributed by atoms with Crippen molar-refractivity contribution in [2.24, 2.45) is 28.3 Å². The van der Waals surface area contributed by atoms with E-state index in [0.29, 0.717) is 56.5 Å². The molecule has 0 aromatic heterocycles. The van der Waals surface area contributed by atoms with Gasteiger partial charge in [-0.3, -0.25) is 9.79 Å². The van der Waals surface area contributed by atoms with E-state index in [1.54, 1.807) is 17.0 Å². The molecule has 11 heteroatoms. The Bertz CT molecular complexity index is 988. The van der Waals surface area contributed by atoms with E-state index in [0.717, 1.165) is 37.7 Å². The first-order valence-electron chi connectivity index (χ1n) is 12.5. The fraction of sp³-hybridized carbons (Fsp3) is 0.667. The van der Waals surface area contributed by atoms with Crippen molar-refractivity contribution in [3.63, 3.8) is 0 Å². The number of hydrogen-bond donors (Lipinski definition) is 5. The normalized spacial score (nSPS) is 19.5. The van der Waals surface area contributed by atoms with E-state index in [-0.39, 0.29) is 23.4 Å². The molecule has 1 aromatic carbocycles. The van der Waals surface area contributed by atoms with Gasteiger partial charge in [0.1, 0.15) is 10.9 Å². The first-order chi connectivity index (χ1) is 16.7. The van der Waals surface area contributed by atoms with Gasteiger partial charge in [0.25, 0.3) is 0 Å². The zero-order chi connectivity index (χ0) is 25.4. The van der Waals surface area contributed by atoms with Crippen LogP contribution in [0.25, 0.3) is 0 Å². The quantitative estimate of drug-likeness (QED) is 0.169. The number of nitrogens with two attached hydrogens (primary N) is 2. The lowest BCUT2D eigenvalue weighted by Crippen LogP contribution is -2.50. The number of aliphatic hydroxyl groups is 1. The number of guanidine groups is 1. The van der Waals surface area contributed by atoms with E-state index in [1.165, 1.54) is 0 Å². The predicted molar refractivity (Wildman–Crippen MR) is 137 cm³/mol. The summed E-state index contributed by atoms with van der Waals surface area (Å²) >= 11 is 0. The Balaban J connectivity index is 1.75. The molecule has 1 fully saturated rings. The highest BCUT2D eigenvalue weighted by Gasteiger charge is 2.33. The van der Waals surface area contributed by atoms with Gasteiger partial charge in [-0.15, -0.1) is 0 Å². The van der Waals surface area contributed by atoms with Crippen LogP contribution in [0.2, 0.25) is 0 Å². The zero-order valence-electron chi connectivity index (χ0n) is 20.6. The van der Waals surface area contributed by atoms with Crippen LogP contribution in [-0.2, 0) is 21.2 Å². The molecule has 35 heavy (non-hydrogen) atoms. The minimum absolute atomic E-state index is 0.0328. The van der Waals surface area contributed by atoms with Gasteiger partial charge in [0.15, 0.2) is 5.96 Å². The fourth-order valence-corrected chi connectivity index (χ4v) is 6.37. The number of benzene rings is 1. The molecule has 0 radical (unpaired) electrons. The smallest absolute Gasteiger partial charge is 0.243 e. The van der Waals surface area contributed by atoms with E-state index in [2.05, 4.69) is 22.0 Å². The molecule has 1 saturated heterocycles. The number of rotatable bonds is 11. The van der Waals surface area contributed by atoms with Gasteiger partial charge in [-0.25, -0.2) is 8.42 Å². The first-order valence-corrected chi connectivity index (χ1v) is 14.0. The van der Waals surface area contributed by atoms with Gasteiger partial charge >= 0.3 is 0 Å². The van der Waals surface area contributed by atoms with Crippen LogP contribution in [0, 0.1) is 11.8 Å². The van der Waals surface area contributed by atoms with Crippen molar-refractivity contribution in [1.29, 1.82) is 0 Å². The molecule has 2 atom stereocenters. The van der Waals surface area contributed by atoms with Crippen molar-refractivity contribution in [3.05, 3.63) is 23.8 Å². The van der Waals surface area contributed by atoms with Crippen LogP contribution in [0.3, 0.4) is 0 Å². The summed E-state index contributed by atoms with van der Waals surface area (Å²) in [5.41, 5.74) is 12.4. The number of aliphatic imine (C=N–C) groups is 1. The van der Waals surface area contributed by atoms with Crippen LogP contribution < -0.4 is 21.5 Å². The van der Waals surface area contributed by atoms with Crippen molar-refractivity contribution < 1.29 is 18.3 Å². The molecule has 2 aliphatic rings. The molecule has 1 aromatic rings. The van der Waals surface area contributed by atoms with E-state index >= 15 is 0 Å². The molecule has 7 N–H and O–H groups in total. The molecular formula is C24H40N6O4S. The van der Waals surface area contributed by atoms with E-state index in [1.807, 2.05) is 6.07 Å². The molecule has 0 saturated carbocycles. The van der Waals surface area contributed by atoms with Crippen LogP contribution in [0.1, 0.15) is 51.0 Å². The Morgan fingerprint density at radius 2 is 2.03 bits per heavy atom. The van der Waals surface area contributed by atoms with Crippen LogP contribution in [0.5, 0.6) is 0 Å². The first kappa shape index (κ1) is 27.2. The SMILES string of the molecule is CC1CNc2c(cccc2S(=O)(=O)NC(CCCN=C(N)N)C(=O)N2CCC(CCCO)CC2)C1. The second-order valence-electron chi connectivity index (χ2n) is 9.74. The molecule has 0 aliphatic carbocycles. The number of nitrogens with one attached hydrogen (secondary N) is 2. The summed E-state index contributed by atoms with van der Waals surface area (Å²) in [7, 11) is -3.95. The van der Waals surface area contributed by atoms with Gasteiger partial charge in [0, 0.05) is 32.8 Å². The third-order valence-electron chi connectivity index (χ3n) is 6.84. The number of anilines is 1. The minimum atomic E-state index is -3.95. The number of amides is 1. The zero-order valence-corrected chi connectivity index (χ0v) is 21.4.